The number of hydrogen-bond acceptors (Lipinski definition) is 3. The van der Waals surface area contributed by atoms with E-state index in [1.54, 1.807) is 19.2 Å². The fourth-order valence-corrected chi connectivity index (χ4v) is 1.43. The summed E-state index contributed by atoms with van der Waals surface area (Å²) in [5.74, 6) is -0.0306. The molecule has 1 atom stereocenters. The SMILES string of the molecule is CNC(=O)CC(CN)Nc1ccc(Cl)cc1. The predicted octanol–water partition coefficient (Wildman–Crippen LogP) is 1.22. The number of halogens is 1. The first kappa shape index (κ1) is 12.8. The average molecular weight is 242 g/mol. The molecular weight excluding hydrogens is 226 g/mol. The van der Waals surface area contributed by atoms with E-state index in [0.717, 1.165) is 5.69 Å². The van der Waals surface area contributed by atoms with Gasteiger partial charge in [-0.3, -0.25) is 4.79 Å². The van der Waals surface area contributed by atoms with E-state index in [9.17, 15) is 4.79 Å². The summed E-state index contributed by atoms with van der Waals surface area (Å²) < 4.78 is 0. The van der Waals surface area contributed by atoms with Gasteiger partial charge in [0.05, 0.1) is 0 Å². The van der Waals surface area contributed by atoms with Crippen LogP contribution >= 0.6 is 11.6 Å². The number of nitrogens with one attached hydrogen (secondary N) is 2. The number of nitrogens with two attached hydrogens (primary N) is 1. The van der Waals surface area contributed by atoms with E-state index in [2.05, 4.69) is 10.6 Å². The maximum Gasteiger partial charge on any atom is 0.221 e. The van der Waals surface area contributed by atoms with Crippen LogP contribution in [0, 0.1) is 0 Å². The molecule has 1 amide bonds. The number of anilines is 1. The van der Waals surface area contributed by atoms with Crippen LogP contribution in [0.25, 0.3) is 0 Å². The van der Waals surface area contributed by atoms with E-state index in [-0.39, 0.29) is 11.9 Å². The second-order valence-electron chi connectivity index (χ2n) is 3.46. The molecule has 0 spiro atoms. The number of amides is 1. The minimum atomic E-state index is -0.0684. The summed E-state index contributed by atoms with van der Waals surface area (Å²) in [4.78, 5) is 11.2. The topological polar surface area (TPSA) is 67.2 Å². The van der Waals surface area contributed by atoms with Crippen LogP contribution in [0.3, 0.4) is 0 Å². The minimum Gasteiger partial charge on any atom is -0.381 e. The van der Waals surface area contributed by atoms with Crippen molar-refractivity contribution in [2.45, 2.75) is 12.5 Å². The Morgan fingerprint density at radius 1 is 1.44 bits per heavy atom. The maximum absolute atomic E-state index is 11.2. The van der Waals surface area contributed by atoms with Crippen molar-refractivity contribution in [3.8, 4) is 0 Å². The normalized spacial score (nSPS) is 11.9. The van der Waals surface area contributed by atoms with Gasteiger partial charge in [-0.15, -0.1) is 0 Å². The highest BCUT2D eigenvalue weighted by atomic mass is 35.5. The van der Waals surface area contributed by atoms with Crippen molar-refractivity contribution in [2.75, 3.05) is 18.9 Å². The molecule has 88 valence electrons. The van der Waals surface area contributed by atoms with E-state index in [1.807, 2.05) is 12.1 Å². The molecule has 4 N–H and O–H groups in total. The zero-order valence-corrected chi connectivity index (χ0v) is 9.92. The van der Waals surface area contributed by atoms with Gasteiger partial charge in [-0.05, 0) is 24.3 Å². The summed E-state index contributed by atoms with van der Waals surface area (Å²) in [6, 6.07) is 7.22. The average Bonchev–Trinajstić information content (AvgIpc) is 2.30. The first-order valence-electron chi connectivity index (χ1n) is 5.08. The van der Waals surface area contributed by atoms with Gasteiger partial charge in [0.2, 0.25) is 5.91 Å². The molecule has 0 aromatic heterocycles. The zero-order valence-electron chi connectivity index (χ0n) is 9.16. The van der Waals surface area contributed by atoms with Crippen LogP contribution in [0.5, 0.6) is 0 Å². The zero-order chi connectivity index (χ0) is 12.0. The number of carbonyl (C=O) groups is 1. The van der Waals surface area contributed by atoms with Gasteiger partial charge in [-0.1, -0.05) is 11.6 Å². The molecule has 1 unspecified atom stereocenters. The molecule has 0 bridgehead atoms. The van der Waals surface area contributed by atoms with Crippen LogP contribution in [0.15, 0.2) is 24.3 Å². The van der Waals surface area contributed by atoms with Crippen molar-refractivity contribution in [1.29, 1.82) is 0 Å². The van der Waals surface area contributed by atoms with Gasteiger partial charge in [-0.25, -0.2) is 0 Å². The van der Waals surface area contributed by atoms with Crippen molar-refractivity contribution in [2.24, 2.45) is 5.73 Å². The quantitative estimate of drug-likeness (QED) is 0.726. The first-order chi connectivity index (χ1) is 7.65. The number of benzene rings is 1. The smallest absolute Gasteiger partial charge is 0.221 e. The van der Waals surface area contributed by atoms with Crippen LogP contribution in [0.1, 0.15) is 6.42 Å². The number of carbonyl (C=O) groups excluding carboxylic acids is 1. The van der Waals surface area contributed by atoms with Gasteiger partial charge in [0, 0.05) is 36.8 Å². The third-order valence-corrected chi connectivity index (χ3v) is 2.46. The molecule has 1 aromatic rings. The van der Waals surface area contributed by atoms with Gasteiger partial charge < -0.3 is 16.4 Å². The highest BCUT2D eigenvalue weighted by Crippen LogP contribution is 2.14. The standard InChI is InChI=1S/C11H16ClN3O/c1-14-11(16)6-10(7-13)15-9-4-2-8(12)3-5-9/h2-5,10,15H,6-7,13H2,1H3,(H,14,16). The molecule has 0 radical (unpaired) electrons. The Balaban J connectivity index is 2.56. The lowest BCUT2D eigenvalue weighted by molar-refractivity contribution is -0.120. The van der Waals surface area contributed by atoms with E-state index in [4.69, 9.17) is 17.3 Å². The van der Waals surface area contributed by atoms with Gasteiger partial charge in [0.15, 0.2) is 0 Å². The van der Waals surface area contributed by atoms with Gasteiger partial charge in [-0.2, -0.15) is 0 Å². The van der Waals surface area contributed by atoms with Crippen molar-refractivity contribution in [1.82, 2.24) is 5.32 Å². The molecule has 0 aliphatic heterocycles. The Bertz CT molecular complexity index is 340. The first-order valence-corrected chi connectivity index (χ1v) is 5.46. The number of rotatable bonds is 5. The monoisotopic (exact) mass is 241 g/mol. The van der Waals surface area contributed by atoms with Crippen LogP contribution in [0.2, 0.25) is 5.02 Å². The molecule has 0 saturated heterocycles. The highest BCUT2D eigenvalue weighted by Gasteiger charge is 2.10. The predicted molar refractivity (Wildman–Crippen MR) is 66.6 cm³/mol. The molecule has 16 heavy (non-hydrogen) atoms. The van der Waals surface area contributed by atoms with Crippen LogP contribution in [-0.4, -0.2) is 25.5 Å². The summed E-state index contributed by atoms with van der Waals surface area (Å²) in [5.41, 5.74) is 6.49. The molecule has 1 aromatic carbocycles. The summed E-state index contributed by atoms with van der Waals surface area (Å²) in [6.45, 7) is 0.399. The lowest BCUT2D eigenvalue weighted by atomic mass is 10.2. The number of hydrogen-bond donors (Lipinski definition) is 3. The Hall–Kier alpha value is -1.26. The molecule has 0 aliphatic rings. The van der Waals surface area contributed by atoms with Crippen LogP contribution in [-0.2, 0) is 4.79 Å². The lowest BCUT2D eigenvalue weighted by Crippen LogP contribution is -2.34. The summed E-state index contributed by atoms with van der Waals surface area (Å²) in [7, 11) is 1.61. The third kappa shape index (κ3) is 4.08. The Morgan fingerprint density at radius 3 is 2.56 bits per heavy atom. The molecule has 1 rings (SSSR count). The van der Waals surface area contributed by atoms with Crippen LogP contribution < -0.4 is 16.4 Å². The molecule has 0 aliphatic carbocycles. The Labute approximate surface area is 100 Å². The molecule has 0 saturated carbocycles. The summed E-state index contributed by atoms with van der Waals surface area (Å²) in [5, 5.41) is 6.43. The van der Waals surface area contributed by atoms with E-state index < -0.39 is 0 Å². The van der Waals surface area contributed by atoms with Crippen LogP contribution in [0.4, 0.5) is 5.69 Å². The summed E-state index contributed by atoms with van der Waals surface area (Å²) >= 11 is 5.77. The molecule has 0 heterocycles. The Kier molecular flexibility index (Phi) is 5.08. The van der Waals surface area contributed by atoms with Gasteiger partial charge in [0.25, 0.3) is 0 Å². The van der Waals surface area contributed by atoms with Crippen molar-refractivity contribution < 1.29 is 4.79 Å². The van der Waals surface area contributed by atoms with Crippen molar-refractivity contribution >= 4 is 23.2 Å². The Morgan fingerprint density at radius 2 is 2.06 bits per heavy atom. The highest BCUT2D eigenvalue weighted by molar-refractivity contribution is 6.30. The molecular formula is C11H16ClN3O. The third-order valence-electron chi connectivity index (χ3n) is 2.21. The second-order valence-corrected chi connectivity index (χ2v) is 3.90. The molecule has 5 heteroatoms. The van der Waals surface area contributed by atoms with Gasteiger partial charge >= 0.3 is 0 Å². The minimum absolute atomic E-state index is 0.0306. The van der Waals surface area contributed by atoms with E-state index >= 15 is 0 Å². The second kappa shape index (κ2) is 6.35. The van der Waals surface area contributed by atoms with E-state index in [0.29, 0.717) is 18.0 Å². The largest absolute Gasteiger partial charge is 0.381 e. The van der Waals surface area contributed by atoms with Crippen molar-refractivity contribution in [3.63, 3.8) is 0 Å². The fourth-order valence-electron chi connectivity index (χ4n) is 1.30. The van der Waals surface area contributed by atoms with Gasteiger partial charge in [0.1, 0.15) is 0 Å². The molecule has 4 nitrogen and oxygen atoms in total. The van der Waals surface area contributed by atoms with E-state index in [1.165, 1.54) is 0 Å². The summed E-state index contributed by atoms with van der Waals surface area (Å²) in [6.07, 6.45) is 0.357. The maximum atomic E-state index is 11.2. The van der Waals surface area contributed by atoms with Crippen molar-refractivity contribution in [3.05, 3.63) is 29.3 Å². The fraction of sp³-hybridized carbons (Fsp3) is 0.364. The molecule has 0 fully saturated rings. The lowest BCUT2D eigenvalue weighted by Gasteiger charge is -2.17.